The van der Waals surface area contributed by atoms with Crippen molar-refractivity contribution in [3.63, 3.8) is 0 Å². The Morgan fingerprint density at radius 3 is 2.96 bits per heavy atom. The summed E-state index contributed by atoms with van der Waals surface area (Å²) in [5.41, 5.74) is 0.340. The molecule has 2 aromatic rings. The maximum atomic E-state index is 11.7. The third-order valence-corrected chi connectivity index (χ3v) is 3.88. The molecule has 24 heavy (non-hydrogen) atoms. The molecular weight excluding hydrogens is 336 g/mol. The Balaban J connectivity index is 2.28. The molecule has 1 N–H and O–H groups in total. The first-order valence-electron chi connectivity index (χ1n) is 6.80. The van der Waals surface area contributed by atoms with E-state index in [0.29, 0.717) is 10.5 Å². The quantitative estimate of drug-likeness (QED) is 0.382. The van der Waals surface area contributed by atoms with Crippen LogP contribution in [-0.2, 0) is 11.8 Å². The van der Waals surface area contributed by atoms with Crippen molar-refractivity contribution >= 4 is 29.2 Å². The first-order valence-corrected chi connectivity index (χ1v) is 7.68. The summed E-state index contributed by atoms with van der Waals surface area (Å²) in [6.45, 7) is 1.98. The molecule has 0 saturated heterocycles. The molecule has 0 spiro atoms. The molecular formula is C14H14N4O5S. The number of nitro groups is 1. The number of nitro benzene ring substituents is 1. The highest BCUT2D eigenvalue weighted by Crippen LogP contribution is 2.21. The van der Waals surface area contributed by atoms with Crippen molar-refractivity contribution in [3.8, 4) is 5.75 Å². The van der Waals surface area contributed by atoms with Crippen LogP contribution in [-0.4, -0.2) is 33.4 Å². The van der Waals surface area contributed by atoms with Crippen molar-refractivity contribution in [3.05, 3.63) is 49.8 Å². The molecule has 1 heterocycles. The van der Waals surface area contributed by atoms with Crippen LogP contribution >= 0.6 is 11.3 Å². The zero-order valence-electron chi connectivity index (χ0n) is 12.9. The maximum absolute atomic E-state index is 11.7. The SMILES string of the molecule is CCOC(=O)c1cs/c(=N/N=C/c2cc([N+](=O)[O-])ccc2O)n1C. The van der Waals surface area contributed by atoms with Gasteiger partial charge in [-0.25, -0.2) is 4.79 Å². The van der Waals surface area contributed by atoms with Crippen LogP contribution < -0.4 is 4.80 Å². The Morgan fingerprint density at radius 2 is 2.29 bits per heavy atom. The molecule has 0 saturated carbocycles. The lowest BCUT2D eigenvalue weighted by atomic mass is 10.2. The molecule has 0 aliphatic carbocycles. The fourth-order valence-corrected chi connectivity index (χ4v) is 2.57. The maximum Gasteiger partial charge on any atom is 0.355 e. The van der Waals surface area contributed by atoms with Crippen LogP contribution in [0.3, 0.4) is 0 Å². The molecule has 0 radical (unpaired) electrons. The molecule has 126 valence electrons. The van der Waals surface area contributed by atoms with E-state index in [-0.39, 0.29) is 23.6 Å². The summed E-state index contributed by atoms with van der Waals surface area (Å²) in [7, 11) is 1.64. The summed E-state index contributed by atoms with van der Waals surface area (Å²) in [6.07, 6.45) is 1.20. The van der Waals surface area contributed by atoms with Crippen LogP contribution in [0.4, 0.5) is 5.69 Å². The third kappa shape index (κ3) is 3.84. The van der Waals surface area contributed by atoms with Gasteiger partial charge in [-0.3, -0.25) is 10.1 Å². The highest BCUT2D eigenvalue weighted by Gasteiger charge is 2.12. The van der Waals surface area contributed by atoms with Gasteiger partial charge in [-0.2, -0.15) is 5.10 Å². The van der Waals surface area contributed by atoms with Crippen molar-refractivity contribution in [2.24, 2.45) is 17.3 Å². The summed E-state index contributed by atoms with van der Waals surface area (Å²) in [6, 6.07) is 3.59. The van der Waals surface area contributed by atoms with E-state index in [4.69, 9.17) is 4.74 Å². The van der Waals surface area contributed by atoms with Crippen molar-refractivity contribution in [1.82, 2.24) is 4.57 Å². The molecule has 0 amide bonds. The van der Waals surface area contributed by atoms with Gasteiger partial charge < -0.3 is 14.4 Å². The summed E-state index contributed by atoms with van der Waals surface area (Å²) in [5.74, 6) is -0.611. The summed E-state index contributed by atoms with van der Waals surface area (Å²) < 4.78 is 6.44. The molecule has 1 aromatic heterocycles. The van der Waals surface area contributed by atoms with Gasteiger partial charge in [-0.15, -0.1) is 16.4 Å². The monoisotopic (exact) mass is 350 g/mol. The first-order chi connectivity index (χ1) is 11.4. The Labute approximate surface area is 140 Å². The molecule has 10 heteroatoms. The van der Waals surface area contributed by atoms with Crippen LogP contribution in [0, 0.1) is 10.1 Å². The van der Waals surface area contributed by atoms with E-state index in [1.165, 1.54) is 40.3 Å². The van der Waals surface area contributed by atoms with Gasteiger partial charge in [0.25, 0.3) is 5.69 Å². The second-order valence-corrected chi connectivity index (χ2v) is 5.36. The lowest BCUT2D eigenvalue weighted by Crippen LogP contribution is -2.17. The summed E-state index contributed by atoms with van der Waals surface area (Å²) in [5, 5.41) is 29.8. The van der Waals surface area contributed by atoms with Crippen LogP contribution in [0.2, 0.25) is 0 Å². The van der Waals surface area contributed by atoms with Gasteiger partial charge in [-0.05, 0) is 13.0 Å². The van der Waals surface area contributed by atoms with Crippen molar-refractivity contribution in [1.29, 1.82) is 0 Å². The largest absolute Gasteiger partial charge is 0.507 e. The van der Waals surface area contributed by atoms with E-state index < -0.39 is 10.9 Å². The number of hydrogen-bond donors (Lipinski definition) is 1. The highest BCUT2D eigenvalue weighted by molar-refractivity contribution is 7.07. The third-order valence-electron chi connectivity index (χ3n) is 2.97. The zero-order chi connectivity index (χ0) is 17.7. The van der Waals surface area contributed by atoms with E-state index in [1.54, 1.807) is 19.4 Å². The second kappa shape index (κ2) is 7.51. The Bertz CT molecular complexity index is 868. The van der Waals surface area contributed by atoms with E-state index in [2.05, 4.69) is 10.2 Å². The Hall–Kier alpha value is -3.01. The predicted octanol–water partition coefficient (Wildman–Crippen LogP) is 1.81. The number of thiazole rings is 1. The average Bonchev–Trinajstić information content (AvgIpc) is 2.90. The lowest BCUT2D eigenvalue weighted by Gasteiger charge is -2.01. The number of phenolic OH excluding ortho intramolecular Hbond substituents is 1. The number of carbonyl (C=O) groups is 1. The second-order valence-electron chi connectivity index (χ2n) is 4.53. The van der Waals surface area contributed by atoms with Crippen molar-refractivity contribution < 1.29 is 19.6 Å². The normalized spacial score (nSPS) is 11.8. The molecule has 9 nitrogen and oxygen atoms in total. The van der Waals surface area contributed by atoms with E-state index >= 15 is 0 Å². The Morgan fingerprint density at radius 1 is 1.54 bits per heavy atom. The molecule has 0 atom stereocenters. The smallest absolute Gasteiger partial charge is 0.355 e. The first kappa shape index (κ1) is 17.3. The number of rotatable bonds is 5. The van der Waals surface area contributed by atoms with Gasteiger partial charge in [0, 0.05) is 30.1 Å². The summed E-state index contributed by atoms with van der Waals surface area (Å²) in [4.78, 5) is 22.3. The van der Waals surface area contributed by atoms with Crippen LogP contribution in [0.5, 0.6) is 5.75 Å². The van der Waals surface area contributed by atoms with Gasteiger partial charge in [0.05, 0.1) is 17.7 Å². The van der Waals surface area contributed by atoms with Gasteiger partial charge in [0.1, 0.15) is 11.4 Å². The number of esters is 1. The average molecular weight is 350 g/mol. The van der Waals surface area contributed by atoms with Gasteiger partial charge in [0.2, 0.25) is 4.80 Å². The molecule has 0 unspecified atom stereocenters. The minimum atomic E-state index is -0.571. The number of benzene rings is 1. The minimum absolute atomic E-state index is 0.151. The number of phenols is 1. The molecule has 1 aromatic carbocycles. The van der Waals surface area contributed by atoms with E-state index in [0.717, 1.165) is 0 Å². The zero-order valence-corrected chi connectivity index (χ0v) is 13.7. The van der Waals surface area contributed by atoms with Crippen LogP contribution in [0.25, 0.3) is 0 Å². The van der Waals surface area contributed by atoms with Crippen LogP contribution in [0.15, 0.2) is 33.8 Å². The number of nitrogens with zero attached hydrogens (tertiary/aromatic N) is 4. The van der Waals surface area contributed by atoms with Crippen molar-refractivity contribution in [2.45, 2.75) is 6.92 Å². The lowest BCUT2D eigenvalue weighted by molar-refractivity contribution is -0.384. The number of hydrogen-bond acceptors (Lipinski definition) is 8. The van der Waals surface area contributed by atoms with Gasteiger partial charge in [-0.1, -0.05) is 0 Å². The number of carbonyl (C=O) groups excluding carboxylic acids is 1. The predicted molar refractivity (Wildman–Crippen MR) is 87.2 cm³/mol. The molecule has 0 aliphatic rings. The number of non-ortho nitro benzene ring substituents is 1. The fraction of sp³-hybridized carbons (Fsp3) is 0.214. The minimum Gasteiger partial charge on any atom is -0.507 e. The standard InChI is InChI=1S/C14H14N4O5S/c1-3-23-13(20)11-8-24-14(17(11)2)16-15-7-9-6-10(18(21)22)4-5-12(9)19/h4-8,19H,3H2,1-2H3/b15-7+,16-14+. The number of aromatic hydroxyl groups is 1. The number of aromatic nitrogens is 1. The van der Waals surface area contributed by atoms with E-state index in [9.17, 15) is 20.0 Å². The Kier molecular flexibility index (Phi) is 5.42. The van der Waals surface area contributed by atoms with Crippen molar-refractivity contribution in [2.75, 3.05) is 6.61 Å². The van der Waals surface area contributed by atoms with Crippen LogP contribution in [0.1, 0.15) is 23.0 Å². The highest BCUT2D eigenvalue weighted by atomic mass is 32.1. The molecule has 2 rings (SSSR count). The van der Waals surface area contributed by atoms with E-state index in [1.807, 2.05) is 0 Å². The molecule has 0 aliphatic heterocycles. The molecule has 0 fully saturated rings. The number of ether oxygens (including phenoxy) is 1. The molecule has 0 bridgehead atoms. The topological polar surface area (TPSA) is 119 Å². The van der Waals surface area contributed by atoms with Gasteiger partial charge >= 0.3 is 5.97 Å². The fourth-order valence-electron chi connectivity index (χ4n) is 1.75. The van der Waals surface area contributed by atoms with Gasteiger partial charge in [0.15, 0.2) is 0 Å². The summed E-state index contributed by atoms with van der Waals surface area (Å²) >= 11 is 1.19.